The number of hydrogen-bond acceptors (Lipinski definition) is 3. The van der Waals surface area contributed by atoms with Crippen molar-refractivity contribution >= 4 is 11.8 Å². The summed E-state index contributed by atoms with van der Waals surface area (Å²) >= 11 is 0. The predicted octanol–water partition coefficient (Wildman–Crippen LogP) is 3.12. The Kier molecular flexibility index (Phi) is 8.87. The van der Waals surface area contributed by atoms with E-state index in [9.17, 15) is 9.59 Å². The number of methoxy groups -OCH3 is 1. The molecular formula is C13H24O3. The maximum Gasteiger partial charge on any atom is 0.305 e. The zero-order valence-electron chi connectivity index (χ0n) is 10.8. The van der Waals surface area contributed by atoms with E-state index >= 15 is 0 Å². The molecule has 0 amide bonds. The Labute approximate surface area is 98.6 Å². The molecule has 0 N–H and O–H groups in total. The summed E-state index contributed by atoms with van der Waals surface area (Å²) in [5, 5.41) is 0. The number of Topliss-reactive ketones (excluding diaryl/α,β-unsaturated/α-hetero) is 1. The van der Waals surface area contributed by atoms with Gasteiger partial charge in [0.05, 0.1) is 7.11 Å². The van der Waals surface area contributed by atoms with Crippen LogP contribution in [0.3, 0.4) is 0 Å². The molecule has 0 aromatic heterocycles. The van der Waals surface area contributed by atoms with Gasteiger partial charge >= 0.3 is 5.97 Å². The van der Waals surface area contributed by atoms with Gasteiger partial charge in [-0.3, -0.25) is 9.59 Å². The summed E-state index contributed by atoms with van der Waals surface area (Å²) in [6.45, 7) is 3.80. The van der Waals surface area contributed by atoms with Crippen molar-refractivity contribution in [3.63, 3.8) is 0 Å². The number of ketones is 1. The second-order valence-electron chi connectivity index (χ2n) is 4.27. The van der Waals surface area contributed by atoms with Crippen LogP contribution in [0.25, 0.3) is 0 Å². The van der Waals surface area contributed by atoms with Crippen LogP contribution < -0.4 is 0 Å². The van der Waals surface area contributed by atoms with Gasteiger partial charge in [-0.2, -0.15) is 0 Å². The molecule has 1 atom stereocenters. The molecule has 0 aliphatic rings. The van der Waals surface area contributed by atoms with Gasteiger partial charge in [0.1, 0.15) is 5.78 Å². The molecule has 0 radical (unpaired) electrons. The highest BCUT2D eigenvalue weighted by Crippen LogP contribution is 2.17. The van der Waals surface area contributed by atoms with Crippen molar-refractivity contribution in [2.75, 3.05) is 7.11 Å². The quantitative estimate of drug-likeness (QED) is 0.450. The molecule has 0 aliphatic carbocycles. The van der Waals surface area contributed by atoms with Crippen molar-refractivity contribution in [3.05, 3.63) is 0 Å². The number of hydrogen-bond donors (Lipinski definition) is 0. The van der Waals surface area contributed by atoms with Crippen LogP contribution in [-0.4, -0.2) is 18.9 Å². The Hall–Kier alpha value is -0.860. The molecule has 3 heteroatoms. The summed E-state index contributed by atoms with van der Waals surface area (Å²) in [7, 11) is 1.39. The summed E-state index contributed by atoms with van der Waals surface area (Å²) in [4.78, 5) is 22.3. The first kappa shape index (κ1) is 15.1. The minimum Gasteiger partial charge on any atom is -0.469 e. The van der Waals surface area contributed by atoms with Gasteiger partial charge in [0.15, 0.2) is 0 Å². The van der Waals surface area contributed by atoms with Crippen molar-refractivity contribution in [1.82, 2.24) is 0 Å². The summed E-state index contributed by atoms with van der Waals surface area (Å²) in [5.41, 5.74) is 0. The number of carbonyl (C=O) groups is 2. The highest BCUT2D eigenvalue weighted by molar-refractivity contribution is 5.78. The van der Waals surface area contributed by atoms with Gasteiger partial charge in [-0.05, 0) is 26.2 Å². The predicted molar refractivity (Wildman–Crippen MR) is 64.2 cm³/mol. The van der Waals surface area contributed by atoms with Crippen LogP contribution in [0.2, 0.25) is 0 Å². The molecule has 0 heterocycles. The molecule has 16 heavy (non-hydrogen) atoms. The smallest absolute Gasteiger partial charge is 0.305 e. The monoisotopic (exact) mass is 228 g/mol. The third-order valence-corrected chi connectivity index (χ3v) is 2.89. The lowest BCUT2D eigenvalue weighted by Gasteiger charge is -2.12. The minimum atomic E-state index is -0.184. The molecule has 1 unspecified atom stereocenters. The highest BCUT2D eigenvalue weighted by atomic mass is 16.5. The van der Waals surface area contributed by atoms with Crippen molar-refractivity contribution in [1.29, 1.82) is 0 Å². The second kappa shape index (κ2) is 9.37. The van der Waals surface area contributed by atoms with Crippen molar-refractivity contribution in [2.24, 2.45) is 5.92 Å². The molecule has 94 valence electrons. The third-order valence-electron chi connectivity index (χ3n) is 2.89. The van der Waals surface area contributed by atoms with E-state index in [4.69, 9.17) is 0 Å². The number of carbonyl (C=O) groups excluding carboxylic acids is 2. The summed E-state index contributed by atoms with van der Waals surface area (Å²) in [6, 6.07) is 0. The first-order valence-electron chi connectivity index (χ1n) is 6.19. The van der Waals surface area contributed by atoms with E-state index in [2.05, 4.69) is 11.7 Å². The van der Waals surface area contributed by atoms with Crippen molar-refractivity contribution in [3.8, 4) is 0 Å². The fourth-order valence-electron chi connectivity index (χ4n) is 1.79. The van der Waals surface area contributed by atoms with Gasteiger partial charge < -0.3 is 4.74 Å². The van der Waals surface area contributed by atoms with Crippen LogP contribution in [0.5, 0.6) is 0 Å². The fourth-order valence-corrected chi connectivity index (χ4v) is 1.79. The molecule has 0 spiro atoms. The Bertz CT molecular complexity index is 211. The van der Waals surface area contributed by atoms with Crippen molar-refractivity contribution < 1.29 is 14.3 Å². The number of rotatable bonds is 9. The first-order valence-corrected chi connectivity index (χ1v) is 6.19. The van der Waals surface area contributed by atoms with Crippen LogP contribution >= 0.6 is 0 Å². The normalized spacial score (nSPS) is 12.2. The number of unbranched alkanes of at least 4 members (excludes halogenated alkanes) is 2. The van der Waals surface area contributed by atoms with Gasteiger partial charge in [0.25, 0.3) is 0 Å². The van der Waals surface area contributed by atoms with Crippen LogP contribution in [0, 0.1) is 5.92 Å². The minimum absolute atomic E-state index is 0.135. The van der Waals surface area contributed by atoms with Crippen LogP contribution in [0.15, 0.2) is 0 Å². The van der Waals surface area contributed by atoms with E-state index in [1.54, 1.807) is 6.92 Å². The molecule has 0 rings (SSSR count). The molecule has 3 nitrogen and oxygen atoms in total. The Morgan fingerprint density at radius 2 is 1.75 bits per heavy atom. The average Bonchev–Trinajstić information content (AvgIpc) is 2.26. The standard InChI is InChI=1S/C13H24O3/c1-4-5-6-8-12(11(2)14)9-7-10-13(15)16-3/h12H,4-10H2,1-3H3. The maximum atomic E-state index is 11.4. The lowest BCUT2D eigenvalue weighted by Crippen LogP contribution is -2.12. The van der Waals surface area contributed by atoms with Gasteiger partial charge in [0.2, 0.25) is 0 Å². The fraction of sp³-hybridized carbons (Fsp3) is 0.846. The van der Waals surface area contributed by atoms with E-state index < -0.39 is 0 Å². The molecule has 0 fully saturated rings. The molecule has 0 aromatic carbocycles. The Balaban J connectivity index is 3.76. The van der Waals surface area contributed by atoms with Crippen molar-refractivity contribution in [2.45, 2.75) is 58.8 Å². The number of ether oxygens (including phenoxy) is 1. The van der Waals surface area contributed by atoms with E-state index in [-0.39, 0.29) is 17.7 Å². The van der Waals surface area contributed by atoms with E-state index in [0.717, 1.165) is 25.7 Å². The lowest BCUT2D eigenvalue weighted by atomic mass is 9.92. The topological polar surface area (TPSA) is 43.4 Å². The van der Waals surface area contributed by atoms with E-state index in [1.807, 2.05) is 0 Å². The van der Waals surface area contributed by atoms with E-state index in [1.165, 1.54) is 20.0 Å². The zero-order valence-corrected chi connectivity index (χ0v) is 10.8. The van der Waals surface area contributed by atoms with E-state index in [0.29, 0.717) is 6.42 Å². The molecule has 0 bridgehead atoms. The molecule has 0 aliphatic heterocycles. The molecule has 0 saturated heterocycles. The SMILES string of the molecule is CCCCCC(CCCC(=O)OC)C(C)=O. The molecule has 0 aromatic rings. The van der Waals surface area contributed by atoms with Gasteiger partial charge in [-0.25, -0.2) is 0 Å². The maximum absolute atomic E-state index is 11.4. The third kappa shape index (κ3) is 7.43. The first-order chi connectivity index (χ1) is 7.61. The van der Waals surface area contributed by atoms with Crippen LogP contribution in [0.1, 0.15) is 58.8 Å². The second-order valence-corrected chi connectivity index (χ2v) is 4.27. The van der Waals surface area contributed by atoms with Gasteiger partial charge in [0, 0.05) is 12.3 Å². The summed E-state index contributed by atoms with van der Waals surface area (Å²) in [5.74, 6) is 0.202. The molecule has 0 saturated carbocycles. The molecular weight excluding hydrogens is 204 g/mol. The number of esters is 1. The zero-order chi connectivity index (χ0) is 12.4. The summed E-state index contributed by atoms with van der Waals surface area (Å²) in [6.07, 6.45) is 6.42. The average molecular weight is 228 g/mol. The van der Waals surface area contributed by atoms with Crippen LogP contribution in [0.4, 0.5) is 0 Å². The van der Waals surface area contributed by atoms with Gasteiger partial charge in [-0.1, -0.05) is 26.2 Å². The van der Waals surface area contributed by atoms with Gasteiger partial charge in [-0.15, -0.1) is 0 Å². The van der Waals surface area contributed by atoms with Crippen LogP contribution in [-0.2, 0) is 14.3 Å². The Morgan fingerprint density at radius 3 is 2.25 bits per heavy atom. The highest BCUT2D eigenvalue weighted by Gasteiger charge is 2.14. The lowest BCUT2D eigenvalue weighted by molar-refractivity contribution is -0.141. The Morgan fingerprint density at radius 1 is 1.12 bits per heavy atom. The largest absolute Gasteiger partial charge is 0.469 e. The summed E-state index contributed by atoms with van der Waals surface area (Å²) < 4.78 is 4.57.